The monoisotopic (exact) mass is 333 g/mol. The highest BCUT2D eigenvalue weighted by atomic mass is 32.2. The zero-order valence-corrected chi connectivity index (χ0v) is 14.6. The van der Waals surface area contributed by atoms with Crippen LogP contribution >= 0.6 is 0 Å². The van der Waals surface area contributed by atoms with Crippen LogP contribution in [0, 0.1) is 0 Å². The molecule has 1 aliphatic rings. The van der Waals surface area contributed by atoms with Crippen LogP contribution in [0.25, 0.3) is 0 Å². The molecule has 1 aliphatic heterocycles. The maximum Gasteiger partial charge on any atom is 0.262 e. The Labute approximate surface area is 129 Å². The minimum Gasteiger partial charge on any atom is -0.333 e. The van der Waals surface area contributed by atoms with Gasteiger partial charge in [0.05, 0.1) is 11.1 Å². The second-order valence-electron chi connectivity index (χ2n) is 6.06. The first-order chi connectivity index (χ1) is 9.68. The molecule has 0 radical (unpaired) electrons. The number of imidazole rings is 1. The summed E-state index contributed by atoms with van der Waals surface area (Å²) in [5, 5.41) is 0.0753. The van der Waals surface area contributed by atoms with Crippen LogP contribution in [0.5, 0.6) is 0 Å². The van der Waals surface area contributed by atoms with Crippen molar-refractivity contribution >= 4 is 20.8 Å². The van der Waals surface area contributed by atoms with Crippen molar-refractivity contribution in [2.45, 2.75) is 49.9 Å². The molecule has 0 aliphatic carbocycles. The van der Waals surface area contributed by atoms with Gasteiger partial charge < -0.3 is 4.57 Å². The van der Waals surface area contributed by atoms with Gasteiger partial charge in [0.25, 0.3) is 10.0 Å². The lowest BCUT2D eigenvalue weighted by Gasteiger charge is -2.35. The SMILES string of the molecule is CC[C@@H](C)n1cnc(S(=O)(=O)N2CC[S@@](=O)C(C)(C)C2)c1. The molecule has 2 heterocycles. The van der Waals surface area contributed by atoms with E-state index in [1.807, 2.05) is 32.3 Å². The van der Waals surface area contributed by atoms with E-state index in [-0.39, 0.29) is 24.2 Å². The molecule has 1 aromatic heterocycles. The fourth-order valence-corrected chi connectivity index (χ4v) is 5.24. The molecule has 1 saturated heterocycles. The van der Waals surface area contributed by atoms with E-state index >= 15 is 0 Å². The molecular formula is C13H23N3O3S2. The molecule has 0 unspecified atom stereocenters. The maximum absolute atomic E-state index is 12.7. The molecule has 1 fully saturated rings. The van der Waals surface area contributed by atoms with Gasteiger partial charge in [-0.1, -0.05) is 6.92 Å². The smallest absolute Gasteiger partial charge is 0.262 e. The molecule has 0 N–H and O–H groups in total. The van der Waals surface area contributed by atoms with Gasteiger partial charge in [-0.05, 0) is 27.2 Å². The summed E-state index contributed by atoms with van der Waals surface area (Å²) < 4.78 is 39.9. The lowest BCUT2D eigenvalue weighted by Crippen LogP contribution is -2.52. The molecular weight excluding hydrogens is 310 g/mol. The van der Waals surface area contributed by atoms with E-state index in [2.05, 4.69) is 4.98 Å². The fraction of sp³-hybridized carbons (Fsp3) is 0.769. The summed E-state index contributed by atoms with van der Waals surface area (Å²) in [5.74, 6) is 0.373. The Kier molecular flexibility index (Phi) is 4.60. The summed E-state index contributed by atoms with van der Waals surface area (Å²) in [6.07, 6.45) is 4.06. The van der Waals surface area contributed by atoms with Crippen LogP contribution < -0.4 is 0 Å². The van der Waals surface area contributed by atoms with Crippen LogP contribution in [0.2, 0.25) is 0 Å². The summed E-state index contributed by atoms with van der Waals surface area (Å²) in [7, 11) is -4.61. The quantitative estimate of drug-likeness (QED) is 0.834. The Hall–Kier alpha value is -0.730. The average Bonchev–Trinajstić information content (AvgIpc) is 2.91. The third-order valence-electron chi connectivity index (χ3n) is 3.98. The highest BCUT2D eigenvalue weighted by Gasteiger charge is 2.39. The number of hydrogen-bond donors (Lipinski definition) is 0. The second-order valence-corrected chi connectivity index (χ2v) is 10.2. The molecule has 0 saturated carbocycles. The summed E-state index contributed by atoms with van der Waals surface area (Å²) >= 11 is 0. The Balaban J connectivity index is 2.26. The van der Waals surface area contributed by atoms with Gasteiger partial charge in [0.2, 0.25) is 0 Å². The van der Waals surface area contributed by atoms with E-state index < -0.39 is 25.6 Å². The first kappa shape index (κ1) is 16.6. The minimum absolute atomic E-state index is 0.0753. The van der Waals surface area contributed by atoms with Gasteiger partial charge in [0.1, 0.15) is 0 Å². The fourth-order valence-electron chi connectivity index (χ4n) is 2.28. The van der Waals surface area contributed by atoms with Gasteiger partial charge in [-0.15, -0.1) is 0 Å². The van der Waals surface area contributed by atoms with E-state index in [1.54, 1.807) is 12.5 Å². The molecule has 2 rings (SSSR count). The Morgan fingerprint density at radius 2 is 2.14 bits per heavy atom. The van der Waals surface area contributed by atoms with E-state index in [1.165, 1.54) is 4.31 Å². The van der Waals surface area contributed by atoms with Crippen LogP contribution in [-0.2, 0) is 20.8 Å². The van der Waals surface area contributed by atoms with Crippen molar-refractivity contribution in [3.63, 3.8) is 0 Å². The van der Waals surface area contributed by atoms with Crippen molar-refractivity contribution in [2.75, 3.05) is 18.8 Å². The first-order valence-corrected chi connectivity index (χ1v) is 9.86. The number of hydrogen-bond acceptors (Lipinski definition) is 4. The van der Waals surface area contributed by atoms with E-state index in [9.17, 15) is 12.6 Å². The van der Waals surface area contributed by atoms with Crippen molar-refractivity contribution in [1.29, 1.82) is 0 Å². The van der Waals surface area contributed by atoms with E-state index in [0.717, 1.165) is 6.42 Å². The number of aromatic nitrogens is 2. The van der Waals surface area contributed by atoms with Crippen LogP contribution in [0.3, 0.4) is 0 Å². The van der Waals surface area contributed by atoms with Crippen LogP contribution in [0.15, 0.2) is 17.6 Å². The molecule has 6 nitrogen and oxygen atoms in total. The van der Waals surface area contributed by atoms with Gasteiger partial charge in [-0.25, -0.2) is 13.4 Å². The number of rotatable bonds is 4. The molecule has 1 aromatic rings. The van der Waals surface area contributed by atoms with Crippen LogP contribution in [-0.4, -0.2) is 50.1 Å². The van der Waals surface area contributed by atoms with Gasteiger partial charge in [0.15, 0.2) is 5.03 Å². The second kappa shape index (κ2) is 5.81. The van der Waals surface area contributed by atoms with Crippen molar-refractivity contribution in [2.24, 2.45) is 0 Å². The molecule has 120 valence electrons. The van der Waals surface area contributed by atoms with E-state index in [4.69, 9.17) is 0 Å². The Morgan fingerprint density at radius 1 is 1.48 bits per heavy atom. The Bertz CT molecular complexity index is 637. The third-order valence-corrected chi connectivity index (χ3v) is 7.63. The predicted molar refractivity (Wildman–Crippen MR) is 83.1 cm³/mol. The third kappa shape index (κ3) is 3.22. The molecule has 0 bridgehead atoms. The van der Waals surface area contributed by atoms with Crippen molar-refractivity contribution in [1.82, 2.24) is 13.9 Å². The highest BCUT2D eigenvalue weighted by Crippen LogP contribution is 2.25. The van der Waals surface area contributed by atoms with Gasteiger partial charge in [0, 0.05) is 41.9 Å². The van der Waals surface area contributed by atoms with E-state index in [0.29, 0.717) is 5.75 Å². The van der Waals surface area contributed by atoms with Crippen molar-refractivity contribution in [3.05, 3.63) is 12.5 Å². The lowest BCUT2D eigenvalue weighted by molar-refractivity contribution is 0.377. The van der Waals surface area contributed by atoms with Gasteiger partial charge in [-0.3, -0.25) is 4.21 Å². The first-order valence-electron chi connectivity index (χ1n) is 7.10. The van der Waals surface area contributed by atoms with Crippen LogP contribution in [0.4, 0.5) is 0 Å². The van der Waals surface area contributed by atoms with Crippen LogP contribution in [0.1, 0.15) is 40.2 Å². The standard InChI is InChI=1S/C13H23N3O3S2/c1-5-11(2)15-8-12(14-10-15)21(18,19)16-6-7-20(17)13(3,4)9-16/h8,10-11H,5-7,9H2,1-4H3/t11-,20-/m1/s1. The topological polar surface area (TPSA) is 72.3 Å². The normalized spacial score (nSPS) is 24.9. The number of sulfonamides is 1. The summed E-state index contributed by atoms with van der Waals surface area (Å²) in [6, 6.07) is 0.215. The largest absolute Gasteiger partial charge is 0.333 e. The molecule has 21 heavy (non-hydrogen) atoms. The summed E-state index contributed by atoms with van der Waals surface area (Å²) in [4.78, 5) is 4.06. The summed E-state index contributed by atoms with van der Waals surface area (Å²) in [6.45, 7) is 8.28. The van der Waals surface area contributed by atoms with Gasteiger partial charge in [-0.2, -0.15) is 4.31 Å². The highest BCUT2D eigenvalue weighted by molar-refractivity contribution is 7.89. The Morgan fingerprint density at radius 3 is 2.71 bits per heavy atom. The zero-order valence-electron chi connectivity index (χ0n) is 12.9. The van der Waals surface area contributed by atoms with Gasteiger partial charge >= 0.3 is 0 Å². The zero-order chi connectivity index (χ0) is 15.8. The molecule has 0 aromatic carbocycles. The number of nitrogens with zero attached hydrogens (tertiary/aromatic N) is 3. The van der Waals surface area contributed by atoms with Crippen molar-refractivity contribution < 1.29 is 12.6 Å². The predicted octanol–water partition coefficient (Wildman–Crippen LogP) is 1.39. The maximum atomic E-state index is 12.7. The molecule has 2 atom stereocenters. The molecule has 8 heteroatoms. The summed E-state index contributed by atoms with van der Waals surface area (Å²) in [5.41, 5.74) is 0. The van der Waals surface area contributed by atoms with Crippen molar-refractivity contribution in [3.8, 4) is 0 Å². The average molecular weight is 333 g/mol. The molecule has 0 spiro atoms. The lowest BCUT2D eigenvalue weighted by atomic mass is 10.2. The molecule has 0 amide bonds. The minimum atomic E-state index is -3.61.